The van der Waals surface area contributed by atoms with Crippen LogP contribution in [0, 0.1) is 12.3 Å². The van der Waals surface area contributed by atoms with Crippen LogP contribution >= 0.6 is 22.6 Å². The van der Waals surface area contributed by atoms with E-state index in [-0.39, 0.29) is 4.05 Å². The Morgan fingerprint density at radius 1 is 1.62 bits per heavy atom. The van der Waals surface area contributed by atoms with Gasteiger partial charge in [0, 0.05) is 6.42 Å². The Bertz CT molecular complexity index is 316. The van der Waals surface area contributed by atoms with Crippen LogP contribution in [-0.4, -0.2) is 28.7 Å². The fourth-order valence-electron chi connectivity index (χ4n) is 1.65. The minimum Gasteiger partial charge on any atom is -0.281 e. The fraction of sp³-hybridized carbons (Fsp3) is 0.538. The summed E-state index contributed by atoms with van der Waals surface area (Å²) >= 11 is 2.12. The standard InChI is InChI=1S/C13H17FIN/c1-3-9-16(2)13(15)12(14)10-11-7-5-4-6-8-11/h1,5,7-8,12-13H,4,6,9-10H2,2H3. The minimum atomic E-state index is -0.868. The lowest BCUT2D eigenvalue weighted by Gasteiger charge is -2.24. The summed E-state index contributed by atoms with van der Waals surface area (Å²) in [5.74, 6) is 2.53. The molecule has 0 aromatic heterocycles. The second-order valence-corrected chi connectivity index (χ2v) is 5.25. The summed E-state index contributed by atoms with van der Waals surface area (Å²) in [6.45, 7) is 0.489. The van der Waals surface area contributed by atoms with Crippen molar-refractivity contribution in [3.05, 3.63) is 23.8 Å². The molecule has 0 radical (unpaired) electrons. The molecular weight excluding hydrogens is 316 g/mol. The van der Waals surface area contributed by atoms with Crippen molar-refractivity contribution in [3.8, 4) is 12.3 Å². The first-order chi connectivity index (χ1) is 7.65. The molecule has 2 atom stereocenters. The lowest BCUT2D eigenvalue weighted by Crippen LogP contribution is -2.34. The Labute approximate surface area is 111 Å². The van der Waals surface area contributed by atoms with E-state index in [1.807, 2.05) is 18.0 Å². The molecule has 1 aliphatic carbocycles. The summed E-state index contributed by atoms with van der Waals surface area (Å²) in [7, 11) is 1.86. The third kappa shape index (κ3) is 4.26. The molecule has 0 aromatic rings. The summed E-state index contributed by atoms with van der Waals surface area (Å²) in [6.07, 6.45) is 13.2. The lowest BCUT2D eigenvalue weighted by molar-refractivity contribution is 0.221. The van der Waals surface area contributed by atoms with Crippen molar-refractivity contribution in [2.75, 3.05) is 13.6 Å². The predicted molar refractivity (Wildman–Crippen MR) is 75.2 cm³/mol. The van der Waals surface area contributed by atoms with Crippen molar-refractivity contribution in [2.45, 2.75) is 29.5 Å². The van der Waals surface area contributed by atoms with Crippen molar-refractivity contribution < 1.29 is 4.39 Å². The normalized spacial score (nSPS) is 19.1. The van der Waals surface area contributed by atoms with Crippen LogP contribution in [0.15, 0.2) is 23.8 Å². The monoisotopic (exact) mass is 333 g/mol. The zero-order valence-corrected chi connectivity index (χ0v) is 11.7. The first-order valence-corrected chi connectivity index (χ1v) is 6.67. The van der Waals surface area contributed by atoms with Gasteiger partial charge in [0.25, 0.3) is 0 Å². The van der Waals surface area contributed by atoms with Crippen LogP contribution in [0.25, 0.3) is 0 Å². The number of halogens is 2. The van der Waals surface area contributed by atoms with Crippen molar-refractivity contribution in [2.24, 2.45) is 0 Å². The Balaban J connectivity index is 2.45. The maximum atomic E-state index is 14.0. The van der Waals surface area contributed by atoms with E-state index in [1.54, 1.807) is 0 Å². The van der Waals surface area contributed by atoms with E-state index in [9.17, 15) is 4.39 Å². The van der Waals surface area contributed by atoms with E-state index in [4.69, 9.17) is 6.42 Å². The third-order valence-electron chi connectivity index (χ3n) is 2.56. The molecule has 88 valence electrons. The molecular formula is C13H17FIN. The molecule has 1 aliphatic rings. The molecule has 0 aromatic carbocycles. The Hall–Kier alpha value is -0.340. The highest BCUT2D eigenvalue weighted by Gasteiger charge is 2.22. The van der Waals surface area contributed by atoms with Crippen LogP contribution in [0.3, 0.4) is 0 Å². The Morgan fingerprint density at radius 3 is 2.94 bits per heavy atom. The second-order valence-electron chi connectivity index (χ2n) is 3.97. The third-order valence-corrected chi connectivity index (χ3v) is 4.29. The Kier molecular flexibility index (Phi) is 6.07. The fourth-order valence-corrected chi connectivity index (χ4v) is 2.10. The van der Waals surface area contributed by atoms with E-state index in [1.165, 1.54) is 0 Å². The SMILES string of the molecule is C#CCN(C)C(I)C(F)CC1=CCCC=C1. The van der Waals surface area contributed by atoms with Crippen molar-refractivity contribution in [1.82, 2.24) is 4.90 Å². The smallest absolute Gasteiger partial charge is 0.129 e. The molecule has 0 spiro atoms. The number of rotatable bonds is 5. The molecule has 2 unspecified atom stereocenters. The van der Waals surface area contributed by atoms with E-state index in [2.05, 4.69) is 40.7 Å². The maximum Gasteiger partial charge on any atom is 0.129 e. The van der Waals surface area contributed by atoms with E-state index in [0.29, 0.717) is 13.0 Å². The van der Waals surface area contributed by atoms with E-state index < -0.39 is 6.17 Å². The van der Waals surface area contributed by atoms with Crippen molar-refractivity contribution >= 4 is 22.6 Å². The van der Waals surface area contributed by atoms with Crippen LogP contribution in [0.2, 0.25) is 0 Å². The van der Waals surface area contributed by atoms with Crippen LogP contribution < -0.4 is 0 Å². The molecule has 1 rings (SSSR count). The molecule has 1 nitrogen and oxygen atoms in total. The summed E-state index contributed by atoms with van der Waals surface area (Å²) in [5.41, 5.74) is 1.11. The highest BCUT2D eigenvalue weighted by atomic mass is 127. The number of nitrogens with zero attached hydrogens (tertiary/aromatic N) is 1. The molecule has 0 saturated heterocycles. The average Bonchev–Trinajstić information content (AvgIpc) is 2.29. The molecule has 0 N–H and O–H groups in total. The van der Waals surface area contributed by atoms with Crippen molar-refractivity contribution in [1.29, 1.82) is 0 Å². The predicted octanol–water partition coefficient (Wildman–Crippen LogP) is 3.32. The van der Waals surface area contributed by atoms with Crippen LogP contribution in [0.5, 0.6) is 0 Å². The summed E-state index contributed by atoms with van der Waals surface area (Å²) < 4.78 is 13.8. The molecule has 0 saturated carbocycles. The van der Waals surface area contributed by atoms with Gasteiger partial charge in [-0.25, -0.2) is 4.39 Å². The number of hydrogen-bond donors (Lipinski definition) is 0. The number of hydrogen-bond acceptors (Lipinski definition) is 1. The van der Waals surface area contributed by atoms with Gasteiger partial charge in [-0.1, -0.05) is 46.7 Å². The van der Waals surface area contributed by atoms with Crippen molar-refractivity contribution in [3.63, 3.8) is 0 Å². The second kappa shape index (κ2) is 7.08. The number of terminal acetylenes is 1. The van der Waals surface area contributed by atoms with Gasteiger partial charge in [-0.15, -0.1) is 6.42 Å². The van der Waals surface area contributed by atoms with E-state index in [0.717, 1.165) is 18.4 Å². The molecule has 0 fully saturated rings. The van der Waals surface area contributed by atoms with Crippen LogP contribution in [0.4, 0.5) is 4.39 Å². The largest absolute Gasteiger partial charge is 0.281 e. The van der Waals surface area contributed by atoms with Gasteiger partial charge in [-0.3, -0.25) is 4.90 Å². The van der Waals surface area contributed by atoms with Gasteiger partial charge in [0.1, 0.15) is 6.17 Å². The molecule has 0 heterocycles. The van der Waals surface area contributed by atoms with E-state index >= 15 is 0 Å². The first-order valence-electron chi connectivity index (χ1n) is 5.42. The molecule has 3 heteroatoms. The first kappa shape index (κ1) is 13.7. The van der Waals surface area contributed by atoms with Gasteiger partial charge in [-0.2, -0.15) is 0 Å². The van der Waals surface area contributed by atoms with Gasteiger partial charge in [0.05, 0.1) is 10.6 Å². The lowest BCUT2D eigenvalue weighted by atomic mass is 10.0. The summed E-state index contributed by atoms with van der Waals surface area (Å²) in [6, 6.07) is 0. The molecule has 0 aliphatic heterocycles. The number of alkyl halides is 2. The van der Waals surface area contributed by atoms with Crippen LogP contribution in [0.1, 0.15) is 19.3 Å². The van der Waals surface area contributed by atoms with Gasteiger partial charge >= 0.3 is 0 Å². The minimum absolute atomic E-state index is 0.162. The molecule has 16 heavy (non-hydrogen) atoms. The zero-order chi connectivity index (χ0) is 12.0. The molecule has 0 bridgehead atoms. The summed E-state index contributed by atoms with van der Waals surface area (Å²) in [5, 5.41) is 0. The maximum absolute atomic E-state index is 14.0. The quantitative estimate of drug-likeness (QED) is 0.323. The number of allylic oxidation sites excluding steroid dienone is 4. The van der Waals surface area contributed by atoms with Gasteiger partial charge < -0.3 is 0 Å². The Morgan fingerprint density at radius 2 is 2.38 bits per heavy atom. The highest BCUT2D eigenvalue weighted by molar-refractivity contribution is 14.1. The average molecular weight is 333 g/mol. The van der Waals surface area contributed by atoms with Gasteiger partial charge in [0.15, 0.2) is 0 Å². The zero-order valence-electron chi connectivity index (χ0n) is 9.50. The van der Waals surface area contributed by atoms with Gasteiger partial charge in [0.2, 0.25) is 0 Å². The van der Waals surface area contributed by atoms with Crippen LogP contribution in [-0.2, 0) is 0 Å². The van der Waals surface area contributed by atoms with Gasteiger partial charge in [-0.05, 0) is 25.5 Å². The topological polar surface area (TPSA) is 3.24 Å². The molecule has 0 amide bonds. The highest BCUT2D eigenvalue weighted by Crippen LogP contribution is 2.23. The summed E-state index contributed by atoms with van der Waals surface area (Å²) in [4.78, 5) is 1.86.